The van der Waals surface area contributed by atoms with E-state index in [4.69, 9.17) is 4.98 Å². The summed E-state index contributed by atoms with van der Waals surface area (Å²) in [4.78, 5) is 9.72. The molecule has 0 radical (unpaired) electrons. The van der Waals surface area contributed by atoms with Crippen molar-refractivity contribution in [1.29, 1.82) is 0 Å². The van der Waals surface area contributed by atoms with Crippen molar-refractivity contribution in [2.75, 3.05) is 0 Å². The molecule has 9 rings (SSSR count). The monoisotopic (exact) mass is 795 g/mol. The fraction of sp³-hybridized carbons (Fsp3) is 0.0233. The average Bonchev–Trinajstić information content (AvgIpc) is 3.66. The summed E-state index contributed by atoms with van der Waals surface area (Å²) in [6, 6.07) is 58.2. The number of pyridine rings is 1. The molecule has 48 heavy (non-hydrogen) atoms. The molecule has 3 aromatic heterocycles. The molecule has 0 amide bonds. The Morgan fingerprint density at radius 2 is 1.27 bits per heavy atom. The van der Waals surface area contributed by atoms with Crippen molar-refractivity contribution in [1.82, 2.24) is 19.1 Å². The summed E-state index contributed by atoms with van der Waals surface area (Å²) in [6.45, 7) is 0. The minimum absolute atomic E-state index is 0. The van der Waals surface area contributed by atoms with E-state index in [2.05, 4.69) is 155 Å². The van der Waals surface area contributed by atoms with Gasteiger partial charge in [0.1, 0.15) is 0 Å². The van der Waals surface area contributed by atoms with E-state index in [0.29, 0.717) is 0 Å². The van der Waals surface area contributed by atoms with Gasteiger partial charge in [-0.05, 0) is 68.8 Å². The fourth-order valence-electron chi connectivity index (χ4n) is 6.64. The maximum Gasteiger partial charge on any atom is 2.00 e. The zero-order valence-corrected chi connectivity index (χ0v) is 28.3. The molecule has 0 aliphatic rings. The van der Waals surface area contributed by atoms with Crippen LogP contribution in [0.5, 0.6) is 0 Å². The van der Waals surface area contributed by atoms with Gasteiger partial charge < -0.3 is 14.1 Å². The standard InChI is InChI=1S/C43H28N4.Pt/c1-46-41-24-22-32(31-19-17-30(18-20-31)29-10-3-2-4-11-29)27-39(41)45-43(46)34-21-23-37-36-14-5-6-16-40(36)47(42(37)28-34)35-13-9-12-33(26-35)38-15-7-8-25-44-38;/h2-25,27H,1H3;/q-2;+2. The van der Waals surface area contributed by atoms with Crippen molar-refractivity contribution < 1.29 is 21.1 Å². The SMILES string of the molecule is Cn1c(-c2[c-]c3c(cc2)c2ccccc2n3-c2[c-]c(-c3ccccn3)ccc2)nc2cc(-c3ccc(-c4ccccc4)cc3)ccc21.[Pt+2]. The molecule has 5 heteroatoms. The van der Waals surface area contributed by atoms with E-state index >= 15 is 0 Å². The van der Waals surface area contributed by atoms with Crippen molar-refractivity contribution in [2.24, 2.45) is 7.05 Å². The Hall–Kier alpha value is -5.57. The molecule has 230 valence electrons. The van der Waals surface area contributed by atoms with Crippen LogP contribution in [-0.2, 0) is 28.1 Å². The van der Waals surface area contributed by atoms with E-state index in [9.17, 15) is 0 Å². The van der Waals surface area contributed by atoms with Crippen molar-refractivity contribution in [3.63, 3.8) is 0 Å². The summed E-state index contributed by atoms with van der Waals surface area (Å²) >= 11 is 0. The van der Waals surface area contributed by atoms with Gasteiger partial charge in [-0.2, -0.15) is 0 Å². The minimum atomic E-state index is 0. The molecule has 0 aliphatic carbocycles. The maximum atomic E-state index is 5.16. The molecular weight excluding hydrogens is 768 g/mol. The first-order valence-corrected chi connectivity index (χ1v) is 15.7. The van der Waals surface area contributed by atoms with E-state index in [1.165, 1.54) is 22.1 Å². The van der Waals surface area contributed by atoms with E-state index in [-0.39, 0.29) is 21.1 Å². The van der Waals surface area contributed by atoms with Crippen molar-refractivity contribution in [3.8, 4) is 50.6 Å². The van der Waals surface area contributed by atoms with Crippen molar-refractivity contribution in [3.05, 3.63) is 164 Å². The molecule has 9 aromatic rings. The van der Waals surface area contributed by atoms with Gasteiger partial charge in [0.2, 0.25) is 0 Å². The van der Waals surface area contributed by atoms with E-state index in [1.54, 1.807) is 0 Å². The van der Waals surface area contributed by atoms with Crippen LogP contribution in [0.25, 0.3) is 83.4 Å². The van der Waals surface area contributed by atoms with Crippen LogP contribution in [0.1, 0.15) is 0 Å². The number of aromatic nitrogens is 4. The summed E-state index contributed by atoms with van der Waals surface area (Å²) < 4.78 is 4.41. The number of nitrogens with zero attached hydrogens (tertiary/aromatic N) is 4. The summed E-state index contributed by atoms with van der Waals surface area (Å²) in [5, 5.41) is 2.32. The van der Waals surface area contributed by atoms with Gasteiger partial charge in [0.05, 0.1) is 16.9 Å². The normalized spacial score (nSPS) is 11.3. The molecule has 6 aromatic carbocycles. The van der Waals surface area contributed by atoms with Gasteiger partial charge in [0, 0.05) is 18.8 Å². The predicted molar refractivity (Wildman–Crippen MR) is 192 cm³/mol. The zero-order chi connectivity index (χ0) is 31.3. The number of fused-ring (bicyclic) bond motifs is 4. The van der Waals surface area contributed by atoms with Gasteiger partial charge in [0.15, 0.2) is 0 Å². The molecule has 0 atom stereocenters. The Morgan fingerprint density at radius 1 is 0.542 bits per heavy atom. The summed E-state index contributed by atoms with van der Waals surface area (Å²) in [7, 11) is 2.08. The number of benzene rings is 6. The maximum absolute atomic E-state index is 5.16. The van der Waals surface area contributed by atoms with Gasteiger partial charge in [0.25, 0.3) is 0 Å². The smallest absolute Gasteiger partial charge is 0.367 e. The van der Waals surface area contributed by atoms with Crippen LogP contribution < -0.4 is 0 Å². The Bertz CT molecular complexity index is 2570. The number of hydrogen-bond donors (Lipinski definition) is 0. The van der Waals surface area contributed by atoms with Crippen LogP contribution in [-0.4, -0.2) is 19.1 Å². The third kappa shape index (κ3) is 5.06. The number of imidazole rings is 1. The molecule has 0 aliphatic heterocycles. The van der Waals surface area contributed by atoms with Gasteiger partial charge in [-0.1, -0.05) is 96.4 Å². The van der Waals surface area contributed by atoms with Crippen LogP contribution in [0.15, 0.2) is 152 Å². The van der Waals surface area contributed by atoms with Crippen LogP contribution in [0.3, 0.4) is 0 Å². The summed E-state index contributed by atoms with van der Waals surface area (Å²) in [6.07, 6.45) is 1.82. The van der Waals surface area contributed by atoms with Gasteiger partial charge in [-0.25, -0.2) is 0 Å². The van der Waals surface area contributed by atoms with E-state index < -0.39 is 0 Å². The number of aryl methyl sites for hydroxylation is 1. The van der Waals surface area contributed by atoms with Gasteiger partial charge >= 0.3 is 21.1 Å². The average molecular weight is 796 g/mol. The van der Waals surface area contributed by atoms with Crippen LogP contribution in [0, 0.1) is 12.1 Å². The van der Waals surface area contributed by atoms with Gasteiger partial charge in [-0.3, -0.25) is 4.98 Å². The number of rotatable bonds is 5. The first-order valence-electron chi connectivity index (χ1n) is 15.7. The predicted octanol–water partition coefficient (Wildman–Crippen LogP) is 10.3. The van der Waals surface area contributed by atoms with Crippen LogP contribution >= 0.6 is 0 Å². The Labute approximate surface area is 293 Å². The first-order chi connectivity index (χ1) is 23.2. The van der Waals surface area contributed by atoms with Crippen molar-refractivity contribution >= 4 is 32.8 Å². The molecule has 0 fully saturated rings. The Kier molecular flexibility index (Phi) is 7.59. The number of hydrogen-bond acceptors (Lipinski definition) is 2. The van der Waals surface area contributed by atoms with Crippen molar-refractivity contribution in [2.45, 2.75) is 0 Å². The molecule has 0 spiro atoms. The molecule has 0 bridgehead atoms. The van der Waals surface area contributed by atoms with Crippen LogP contribution in [0.4, 0.5) is 0 Å². The third-order valence-electron chi connectivity index (χ3n) is 8.99. The largest absolute Gasteiger partial charge is 2.00 e. The number of para-hydroxylation sites is 1. The van der Waals surface area contributed by atoms with E-state index in [1.807, 2.05) is 30.5 Å². The minimum Gasteiger partial charge on any atom is -0.367 e. The Morgan fingerprint density at radius 3 is 2.08 bits per heavy atom. The molecule has 3 heterocycles. The van der Waals surface area contributed by atoms with Crippen LogP contribution in [0.2, 0.25) is 0 Å². The summed E-state index contributed by atoms with van der Waals surface area (Å²) in [5.41, 5.74) is 12.6. The zero-order valence-electron chi connectivity index (χ0n) is 26.0. The second kappa shape index (κ2) is 12.2. The molecule has 0 unspecified atom stereocenters. The fourth-order valence-corrected chi connectivity index (χ4v) is 6.64. The molecule has 0 saturated carbocycles. The topological polar surface area (TPSA) is 35.6 Å². The van der Waals surface area contributed by atoms with E-state index in [0.717, 1.165) is 61.3 Å². The molecule has 0 N–H and O–H groups in total. The molecule has 4 nitrogen and oxygen atoms in total. The quantitative estimate of drug-likeness (QED) is 0.163. The second-order valence-corrected chi connectivity index (χ2v) is 11.8. The summed E-state index contributed by atoms with van der Waals surface area (Å²) in [5.74, 6) is 0.876. The molecule has 0 saturated heterocycles. The second-order valence-electron chi connectivity index (χ2n) is 11.8. The Balaban J connectivity index is 0.00000336. The molecular formula is C43H28N4Pt. The van der Waals surface area contributed by atoms with Gasteiger partial charge in [-0.15, -0.1) is 53.6 Å². The third-order valence-corrected chi connectivity index (χ3v) is 8.99. The first kappa shape index (κ1) is 29.8.